The predicted octanol–water partition coefficient (Wildman–Crippen LogP) is 2.92. The fourth-order valence-corrected chi connectivity index (χ4v) is 7.05. The minimum absolute atomic E-state index is 0.0562. The molecule has 2 amide bonds. The molecular formula is C21H32N2O3. The number of rotatable bonds is 2. The molecule has 0 aromatic heterocycles. The van der Waals surface area contributed by atoms with Gasteiger partial charge in [-0.25, -0.2) is 5.06 Å². The number of carbonyl (C=O) groups excluding carboxylic acids is 2. The van der Waals surface area contributed by atoms with Gasteiger partial charge in [-0.15, -0.1) is 0 Å². The molecule has 5 heteroatoms. The van der Waals surface area contributed by atoms with Gasteiger partial charge in [-0.05, 0) is 67.8 Å². The third-order valence-corrected chi connectivity index (χ3v) is 8.57. The van der Waals surface area contributed by atoms with Crippen LogP contribution >= 0.6 is 0 Å². The molecule has 0 aromatic carbocycles. The normalized spacial score (nSPS) is 46.8. The first-order valence-corrected chi connectivity index (χ1v) is 10.1. The second kappa shape index (κ2) is 6.08. The number of amides is 2. The molecule has 26 heavy (non-hydrogen) atoms. The van der Waals surface area contributed by atoms with E-state index in [2.05, 4.69) is 25.2 Å². The monoisotopic (exact) mass is 360 g/mol. The van der Waals surface area contributed by atoms with Gasteiger partial charge < -0.3 is 5.32 Å². The molecule has 0 aromatic rings. The van der Waals surface area contributed by atoms with Crippen molar-refractivity contribution in [2.75, 3.05) is 14.2 Å². The fourth-order valence-electron chi connectivity index (χ4n) is 7.05. The summed E-state index contributed by atoms with van der Waals surface area (Å²) < 4.78 is 0. The lowest BCUT2D eigenvalue weighted by Gasteiger charge is -2.58. The maximum atomic E-state index is 12.9. The van der Waals surface area contributed by atoms with E-state index in [1.54, 1.807) is 20.2 Å². The zero-order chi connectivity index (χ0) is 18.7. The molecule has 7 atom stereocenters. The molecule has 1 aliphatic heterocycles. The van der Waals surface area contributed by atoms with Gasteiger partial charge in [0, 0.05) is 24.4 Å². The number of nitrogens with zero attached hydrogens (tertiary/aromatic N) is 1. The molecule has 3 saturated carbocycles. The molecule has 4 rings (SSSR count). The molecule has 5 nitrogen and oxygen atoms in total. The molecular weight excluding hydrogens is 328 g/mol. The van der Waals surface area contributed by atoms with Gasteiger partial charge in [-0.3, -0.25) is 14.4 Å². The average Bonchev–Trinajstić information content (AvgIpc) is 2.98. The lowest BCUT2D eigenvalue weighted by atomic mass is 9.48. The number of hydrogen-bond acceptors (Lipinski definition) is 3. The van der Waals surface area contributed by atoms with Gasteiger partial charge in [0.15, 0.2) is 0 Å². The maximum absolute atomic E-state index is 12.9. The number of hydrogen-bond donors (Lipinski definition) is 1. The highest BCUT2D eigenvalue weighted by atomic mass is 16.7. The average molecular weight is 360 g/mol. The van der Waals surface area contributed by atoms with Crippen LogP contribution in [0, 0.1) is 34.5 Å². The Kier molecular flexibility index (Phi) is 4.22. The predicted molar refractivity (Wildman–Crippen MR) is 98.7 cm³/mol. The van der Waals surface area contributed by atoms with Crippen molar-refractivity contribution in [2.45, 2.75) is 58.4 Å². The standard InChI is InChI=1S/C21H32N2O3/c1-20-11-9-15-13(5-8-17-21(15,2)12-10-18(24)22-17)14(20)6-7-16(20)19(25)23(3)26-4/h10,12-17H,5-9,11H2,1-4H3,(H,22,24)/t13?,14?,15?,16?,17?,20-,21+/m0/s1. The van der Waals surface area contributed by atoms with Crippen molar-refractivity contribution >= 4 is 11.8 Å². The number of hydroxylamine groups is 2. The fraction of sp³-hybridized carbons (Fsp3) is 0.810. The van der Waals surface area contributed by atoms with Crippen LogP contribution in [-0.4, -0.2) is 37.1 Å². The first-order chi connectivity index (χ1) is 12.3. The van der Waals surface area contributed by atoms with Gasteiger partial charge in [-0.2, -0.15) is 0 Å². The topological polar surface area (TPSA) is 58.6 Å². The van der Waals surface area contributed by atoms with Crippen LogP contribution in [0.1, 0.15) is 52.4 Å². The third-order valence-electron chi connectivity index (χ3n) is 8.57. The van der Waals surface area contributed by atoms with Crippen LogP contribution in [0.15, 0.2) is 12.2 Å². The molecule has 0 radical (unpaired) electrons. The Hall–Kier alpha value is -1.36. The smallest absolute Gasteiger partial charge is 0.249 e. The molecule has 0 saturated heterocycles. The van der Waals surface area contributed by atoms with E-state index in [-0.39, 0.29) is 34.6 Å². The van der Waals surface area contributed by atoms with Crippen molar-refractivity contribution in [1.29, 1.82) is 0 Å². The van der Waals surface area contributed by atoms with E-state index in [1.165, 1.54) is 11.5 Å². The summed E-state index contributed by atoms with van der Waals surface area (Å²) in [6.07, 6.45) is 10.5. The number of nitrogens with one attached hydrogen (secondary N) is 1. The van der Waals surface area contributed by atoms with Gasteiger partial charge >= 0.3 is 0 Å². The van der Waals surface area contributed by atoms with E-state index in [1.807, 2.05) is 0 Å². The molecule has 3 fully saturated rings. The summed E-state index contributed by atoms with van der Waals surface area (Å²) in [5, 5.41) is 4.63. The highest BCUT2D eigenvalue weighted by Crippen LogP contribution is 2.65. The minimum atomic E-state index is 0.0562. The lowest BCUT2D eigenvalue weighted by molar-refractivity contribution is -0.179. The molecule has 1 N–H and O–H groups in total. The van der Waals surface area contributed by atoms with Crippen LogP contribution < -0.4 is 5.32 Å². The van der Waals surface area contributed by atoms with Gasteiger partial charge in [0.1, 0.15) is 0 Å². The van der Waals surface area contributed by atoms with E-state index in [0.717, 1.165) is 32.1 Å². The molecule has 5 unspecified atom stereocenters. The summed E-state index contributed by atoms with van der Waals surface area (Å²) in [7, 11) is 3.29. The van der Waals surface area contributed by atoms with Crippen molar-refractivity contribution in [1.82, 2.24) is 10.4 Å². The SMILES string of the molecule is CON(C)C(=O)C1CCC2C3CCC4NC(=O)C=C[C@]4(C)C3CC[C@]12C. The second-order valence-electron chi connectivity index (χ2n) is 9.41. The van der Waals surface area contributed by atoms with E-state index in [9.17, 15) is 9.59 Å². The van der Waals surface area contributed by atoms with Crippen molar-refractivity contribution in [3.63, 3.8) is 0 Å². The quantitative estimate of drug-likeness (QED) is 0.770. The zero-order valence-electron chi connectivity index (χ0n) is 16.5. The zero-order valence-corrected chi connectivity index (χ0v) is 16.5. The largest absolute Gasteiger partial charge is 0.349 e. The summed E-state index contributed by atoms with van der Waals surface area (Å²) in [5.41, 5.74) is 0.138. The second-order valence-corrected chi connectivity index (χ2v) is 9.41. The van der Waals surface area contributed by atoms with Gasteiger partial charge in [0.2, 0.25) is 11.8 Å². The highest BCUT2D eigenvalue weighted by Gasteiger charge is 2.61. The van der Waals surface area contributed by atoms with Gasteiger partial charge in [0.25, 0.3) is 0 Å². The Morgan fingerprint density at radius 3 is 2.69 bits per heavy atom. The van der Waals surface area contributed by atoms with Crippen LogP contribution in [0.3, 0.4) is 0 Å². The summed E-state index contributed by atoms with van der Waals surface area (Å²) in [4.78, 5) is 29.9. The van der Waals surface area contributed by atoms with Crippen LogP contribution in [0.5, 0.6) is 0 Å². The first-order valence-electron chi connectivity index (χ1n) is 10.1. The Morgan fingerprint density at radius 2 is 1.96 bits per heavy atom. The number of carbonyl (C=O) groups is 2. The summed E-state index contributed by atoms with van der Waals surface area (Å²) in [6, 6.07) is 0.268. The Labute approximate surface area is 156 Å². The lowest BCUT2D eigenvalue weighted by Crippen LogP contribution is -2.59. The highest BCUT2D eigenvalue weighted by molar-refractivity contribution is 5.89. The third kappa shape index (κ3) is 2.39. The molecule has 3 aliphatic carbocycles. The van der Waals surface area contributed by atoms with Crippen molar-refractivity contribution < 1.29 is 14.4 Å². The van der Waals surface area contributed by atoms with Crippen LogP contribution in [0.2, 0.25) is 0 Å². The van der Waals surface area contributed by atoms with Crippen molar-refractivity contribution in [2.24, 2.45) is 34.5 Å². The van der Waals surface area contributed by atoms with E-state index >= 15 is 0 Å². The maximum Gasteiger partial charge on any atom is 0.249 e. The van der Waals surface area contributed by atoms with E-state index < -0.39 is 0 Å². The van der Waals surface area contributed by atoms with Crippen LogP contribution in [0.4, 0.5) is 0 Å². The van der Waals surface area contributed by atoms with Crippen molar-refractivity contribution in [3.8, 4) is 0 Å². The number of fused-ring (bicyclic) bond motifs is 5. The van der Waals surface area contributed by atoms with Crippen molar-refractivity contribution in [3.05, 3.63) is 12.2 Å². The summed E-state index contributed by atoms with van der Waals surface area (Å²) in [6.45, 7) is 4.68. The van der Waals surface area contributed by atoms with E-state index in [0.29, 0.717) is 17.8 Å². The first kappa shape index (κ1) is 18.0. The molecule has 1 heterocycles. The minimum Gasteiger partial charge on any atom is -0.349 e. The Bertz CT molecular complexity index is 647. The van der Waals surface area contributed by atoms with Gasteiger partial charge in [0.05, 0.1) is 7.11 Å². The summed E-state index contributed by atoms with van der Waals surface area (Å²) in [5.74, 6) is 2.13. The molecule has 144 valence electrons. The Balaban J connectivity index is 1.61. The van der Waals surface area contributed by atoms with Gasteiger partial charge in [-0.1, -0.05) is 19.9 Å². The molecule has 4 aliphatic rings. The van der Waals surface area contributed by atoms with Crippen LogP contribution in [0.25, 0.3) is 0 Å². The Morgan fingerprint density at radius 1 is 1.19 bits per heavy atom. The van der Waals surface area contributed by atoms with Crippen LogP contribution in [-0.2, 0) is 14.4 Å². The van der Waals surface area contributed by atoms with E-state index in [4.69, 9.17) is 4.84 Å². The molecule has 0 spiro atoms. The summed E-state index contributed by atoms with van der Waals surface area (Å²) >= 11 is 0. The molecule has 0 bridgehead atoms.